The maximum absolute atomic E-state index is 12.6. The molecule has 6 rings (SSSR count). The van der Waals surface area contributed by atoms with Gasteiger partial charge in [-0.05, 0) is 17.7 Å². The number of carbonyl (C=O) groups excluding carboxylic acids is 1. The second kappa shape index (κ2) is 5.36. The van der Waals surface area contributed by atoms with E-state index < -0.39 is 0 Å². The van der Waals surface area contributed by atoms with Crippen LogP contribution in [0.5, 0.6) is 0 Å². The molecule has 4 heteroatoms. The van der Waals surface area contributed by atoms with Crippen molar-refractivity contribution < 1.29 is 4.79 Å². The van der Waals surface area contributed by atoms with Gasteiger partial charge < -0.3 is 15.3 Å². The average Bonchev–Trinajstić information content (AvgIpc) is 3.36. The summed E-state index contributed by atoms with van der Waals surface area (Å²) in [5, 5.41) is 7.45. The highest BCUT2D eigenvalue weighted by Crippen LogP contribution is 2.41. The standard InChI is InChI=1S/C20H13N3O.C2H6/c24-20-17-12(9-21-20)15-10-5-1-3-7-13(10)22-18(15)19-16(17)11-6-2-4-8-14(11)23-19;1-2/h1-8,22-23H,9H2,(H,21,24);1-2H3. The molecule has 3 heterocycles. The Bertz CT molecular complexity index is 1320. The van der Waals surface area contributed by atoms with Crippen molar-refractivity contribution in [3.63, 3.8) is 0 Å². The van der Waals surface area contributed by atoms with Gasteiger partial charge in [0, 0.05) is 39.1 Å². The van der Waals surface area contributed by atoms with Gasteiger partial charge >= 0.3 is 0 Å². The highest BCUT2D eigenvalue weighted by atomic mass is 16.1. The maximum Gasteiger partial charge on any atom is 0.252 e. The minimum absolute atomic E-state index is 0.0203. The Balaban J connectivity index is 0.000000727. The normalized spacial score (nSPS) is 13.2. The second-order valence-electron chi connectivity index (χ2n) is 6.38. The van der Waals surface area contributed by atoms with Crippen LogP contribution in [0.1, 0.15) is 29.8 Å². The first-order valence-corrected chi connectivity index (χ1v) is 9.07. The number of H-pyrrole nitrogens is 2. The summed E-state index contributed by atoms with van der Waals surface area (Å²) in [5.74, 6) is 0.0203. The van der Waals surface area contributed by atoms with Crippen molar-refractivity contribution in [1.82, 2.24) is 15.3 Å². The van der Waals surface area contributed by atoms with Crippen LogP contribution in [-0.4, -0.2) is 15.9 Å². The van der Waals surface area contributed by atoms with Crippen LogP contribution in [0.15, 0.2) is 48.5 Å². The quantitative estimate of drug-likeness (QED) is 0.355. The van der Waals surface area contributed by atoms with Gasteiger partial charge in [0.15, 0.2) is 0 Å². The molecule has 0 saturated heterocycles. The first-order valence-electron chi connectivity index (χ1n) is 9.07. The zero-order chi connectivity index (χ0) is 17.8. The van der Waals surface area contributed by atoms with Crippen molar-refractivity contribution in [2.45, 2.75) is 20.4 Å². The Hall–Kier alpha value is -3.27. The van der Waals surface area contributed by atoms with E-state index >= 15 is 0 Å². The van der Waals surface area contributed by atoms with Crippen molar-refractivity contribution in [2.75, 3.05) is 0 Å². The summed E-state index contributed by atoms with van der Waals surface area (Å²) < 4.78 is 0. The predicted octanol–water partition coefficient (Wildman–Crippen LogP) is 5.23. The van der Waals surface area contributed by atoms with Gasteiger partial charge in [0.25, 0.3) is 5.91 Å². The molecule has 128 valence electrons. The zero-order valence-electron chi connectivity index (χ0n) is 14.7. The highest BCUT2D eigenvalue weighted by molar-refractivity contribution is 6.30. The van der Waals surface area contributed by atoms with Gasteiger partial charge in [0.1, 0.15) is 0 Å². The minimum Gasteiger partial charge on any atom is -0.353 e. The molecule has 0 bridgehead atoms. The molecule has 0 radical (unpaired) electrons. The molecule has 5 aromatic rings. The first kappa shape index (κ1) is 15.0. The van der Waals surface area contributed by atoms with Gasteiger partial charge in [-0.3, -0.25) is 4.79 Å². The third-order valence-electron chi connectivity index (χ3n) is 5.17. The molecule has 2 aromatic heterocycles. The highest BCUT2D eigenvalue weighted by Gasteiger charge is 2.28. The maximum atomic E-state index is 12.6. The van der Waals surface area contributed by atoms with Gasteiger partial charge in [-0.25, -0.2) is 0 Å². The molecule has 0 saturated carbocycles. The molecule has 0 atom stereocenters. The summed E-state index contributed by atoms with van der Waals surface area (Å²) in [4.78, 5) is 19.7. The number of aromatic amines is 2. The lowest BCUT2D eigenvalue weighted by Crippen LogP contribution is -2.12. The lowest BCUT2D eigenvalue weighted by Gasteiger charge is -2.03. The number of amides is 1. The molecule has 4 nitrogen and oxygen atoms in total. The summed E-state index contributed by atoms with van der Waals surface area (Å²) in [7, 11) is 0. The molecule has 0 unspecified atom stereocenters. The fourth-order valence-corrected chi connectivity index (χ4v) is 4.19. The van der Waals surface area contributed by atoms with Crippen molar-refractivity contribution >= 4 is 49.5 Å². The molecule has 1 amide bonds. The molecular formula is C22H19N3O. The van der Waals surface area contributed by atoms with Gasteiger partial charge in [-0.15, -0.1) is 0 Å². The van der Waals surface area contributed by atoms with Crippen LogP contribution in [0.25, 0.3) is 43.6 Å². The number of carbonyl (C=O) groups is 1. The lowest BCUT2D eigenvalue weighted by atomic mass is 9.97. The van der Waals surface area contributed by atoms with Gasteiger partial charge in [0.2, 0.25) is 0 Å². The van der Waals surface area contributed by atoms with Crippen LogP contribution in [0.2, 0.25) is 0 Å². The third kappa shape index (κ3) is 1.76. The molecule has 3 N–H and O–H groups in total. The fraction of sp³-hybridized carbons (Fsp3) is 0.136. The van der Waals surface area contributed by atoms with E-state index in [1.165, 1.54) is 5.39 Å². The lowest BCUT2D eigenvalue weighted by molar-refractivity contribution is 0.0967. The average molecular weight is 341 g/mol. The van der Waals surface area contributed by atoms with Crippen LogP contribution >= 0.6 is 0 Å². The van der Waals surface area contributed by atoms with E-state index in [0.717, 1.165) is 49.4 Å². The molecule has 0 fully saturated rings. The Morgan fingerprint density at radius 1 is 0.769 bits per heavy atom. The molecular weight excluding hydrogens is 322 g/mol. The number of hydrogen-bond acceptors (Lipinski definition) is 1. The number of benzene rings is 3. The summed E-state index contributed by atoms with van der Waals surface area (Å²) in [6, 6.07) is 16.4. The summed E-state index contributed by atoms with van der Waals surface area (Å²) in [6.45, 7) is 4.59. The topological polar surface area (TPSA) is 60.7 Å². The largest absolute Gasteiger partial charge is 0.353 e. The van der Waals surface area contributed by atoms with Crippen LogP contribution in [0.4, 0.5) is 0 Å². The Morgan fingerprint density at radius 3 is 1.96 bits per heavy atom. The number of para-hydroxylation sites is 2. The van der Waals surface area contributed by atoms with Gasteiger partial charge in [0.05, 0.1) is 16.6 Å². The van der Waals surface area contributed by atoms with E-state index in [4.69, 9.17) is 0 Å². The summed E-state index contributed by atoms with van der Waals surface area (Å²) in [5.41, 5.74) is 6.17. The Labute approximate surface area is 150 Å². The van der Waals surface area contributed by atoms with Crippen LogP contribution in [-0.2, 0) is 6.54 Å². The number of hydrogen-bond donors (Lipinski definition) is 3. The molecule has 26 heavy (non-hydrogen) atoms. The number of rotatable bonds is 0. The van der Waals surface area contributed by atoms with Crippen molar-refractivity contribution in [1.29, 1.82) is 0 Å². The van der Waals surface area contributed by atoms with Gasteiger partial charge in [-0.1, -0.05) is 50.2 Å². The van der Waals surface area contributed by atoms with E-state index in [9.17, 15) is 4.79 Å². The Morgan fingerprint density at radius 2 is 1.31 bits per heavy atom. The zero-order valence-corrected chi connectivity index (χ0v) is 14.7. The summed E-state index contributed by atoms with van der Waals surface area (Å²) >= 11 is 0. The van der Waals surface area contributed by atoms with E-state index in [2.05, 4.69) is 39.6 Å². The molecule has 1 aliphatic rings. The van der Waals surface area contributed by atoms with E-state index in [1.54, 1.807) is 0 Å². The molecule has 1 aliphatic heterocycles. The number of aromatic nitrogens is 2. The van der Waals surface area contributed by atoms with Gasteiger partial charge in [-0.2, -0.15) is 0 Å². The van der Waals surface area contributed by atoms with E-state index in [1.807, 2.05) is 38.1 Å². The smallest absolute Gasteiger partial charge is 0.252 e. The molecule has 0 aliphatic carbocycles. The monoisotopic (exact) mass is 341 g/mol. The van der Waals surface area contributed by atoms with E-state index in [0.29, 0.717) is 6.54 Å². The third-order valence-corrected chi connectivity index (χ3v) is 5.17. The predicted molar refractivity (Wildman–Crippen MR) is 108 cm³/mol. The summed E-state index contributed by atoms with van der Waals surface area (Å²) in [6.07, 6.45) is 0. The van der Waals surface area contributed by atoms with Crippen molar-refractivity contribution in [2.24, 2.45) is 0 Å². The first-order chi connectivity index (χ1) is 12.8. The second-order valence-corrected chi connectivity index (χ2v) is 6.38. The van der Waals surface area contributed by atoms with Crippen LogP contribution in [0, 0.1) is 0 Å². The van der Waals surface area contributed by atoms with E-state index in [-0.39, 0.29) is 5.91 Å². The molecule has 0 spiro atoms. The fourth-order valence-electron chi connectivity index (χ4n) is 4.19. The molecule has 3 aromatic carbocycles. The van der Waals surface area contributed by atoms with Crippen molar-refractivity contribution in [3.8, 4) is 0 Å². The Kier molecular flexibility index (Phi) is 3.10. The number of nitrogens with one attached hydrogen (secondary N) is 3. The number of fused-ring (bicyclic) bond motifs is 10. The van der Waals surface area contributed by atoms with Crippen molar-refractivity contribution in [3.05, 3.63) is 59.7 Å². The van der Waals surface area contributed by atoms with Crippen LogP contribution in [0.3, 0.4) is 0 Å². The minimum atomic E-state index is 0.0203. The SMILES string of the molecule is CC.O=C1NCc2c1c1c3ccccc3[nH]c1c1[nH]c3ccccc3c21. The van der Waals surface area contributed by atoms with Crippen LogP contribution < -0.4 is 5.32 Å².